The zero-order valence-corrected chi connectivity index (χ0v) is 5.46. The van der Waals surface area contributed by atoms with E-state index in [1.807, 2.05) is 37.3 Å². The predicted molar refractivity (Wildman–Crippen MR) is 39.0 cm³/mol. The molecular formula is C8H11N. The Balaban J connectivity index is 2.75. The summed E-state index contributed by atoms with van der Waals surface area (Å²) in [6.45, 7) is 1.96. The van der Waals surface area contributed by atoms with Gasteiger partial charge in [-0.3, -0.25) is 0 Å². The van der Waals surface area contributed by atoms with Crippen molar-refractivity contribution in [1.82, 2.24) is 0 Å². The summed E-state index contributed by atoms with van der Waals surface area (Å²) < 4.78 is 6.90. The van der Waals surface area contributed by atoms with Crippen molar-refractivity contribution in [2.75, 3.05) is 0 Å². The smallest absolute Gasteiger partial charge is 0.119 e. The summed E-state index contributed by atoms with van der Waals surface area (Å²) in [5.41, 5.74) is 3.58. The van der Waals surface area contributed by atoms with Crippen LogP contribution in [0.15, 0.2) is 30.3 Å². The van der Waals surface area contributed by atoms with Crippen LogP contribution in [0.2, 0.25) is 1.41 Å². The minimum absolute atomic E-state index is 0.126. The van der Waals surface area contributed by atoms with Gasteiger partial charge in [-0.1, -0.05) is 30.3 Å². The minimum atomic E-state index is 0.126. The third kappa shape index (κ3) is 1.54. The lowest BCUT2D eigenvalue weighted by atomic mass is 10.1. The maximum absolute atomic E-state index is 6.90. The van der Waals surface area contributed by atoms with Crippen molar-refractivity contribution < 1.29 is 1.41 Å². The molecule has 9 heavy (non-hydrogen) atoms. The third-order valence-corrected chi connectivity index (χ3v) is 1.30. The topological polar surface area (TPSA) is 26.0 Å². The van der Waals surface area contributed by atoms with E-state index < -0.39 is 0 Å². The largest absolute Gasteiger partial charge is 0.324 e. The Labute approximate surface area is 57.0 Å². The van der Waals surface area contributed by atoms with E-state index in [0.29, 0.717) is 0 Å². The molecule has 0 radical (unpaired) electrons. The highest BCUT2D eigenvalue weighted by molar-refractivity contribution is 5.17. The van der Waals surface area contributed by atoms with Crippen LogP contribution in [0.3, 0.4) is 0 Å². The first-order valence-corrected chi connectivity index (χ1v) is 3.07. The van der Waals surface area contributed by atoms with Crippen molar-refractivity contribution in [3.8, 4) is 0 Å². The monoisotopic (exact) mass is 122 g/mol. The van der Waals surface area contributed by atoms with Crippen LogP contribution in [0.1, 0.15) is 18.5 Å². The molecule has 0 aliphatic heterocycles. The first-order valence-electron chi connectivity index (χ1n) is 3.57. The zero-order valence-electron chi connectivity index (χ0n) is 6.46. The minimum Gasteiger partial charge on any atom is -0.324 e. The van der Waals surface area contributed by atoms with Gasteiger partial charge in [0.25, 0.3) is 0 Å². The van der Waals surface area contributed by atoms with E-state index in [1.54, 1.807) is 0 Å². The lowest BCUT2D eigenvalue weighted by Gasteiger charge is -2.02. The van der Waals surface area contributed by atoms with Crippen LogP contribution >= 0.6 is 0 Å². The van der Waals surface area contributed by atoms with E-state index >= 15 is 0 Å². The van der Waals surface area contributed by atoms with Gasteiger partial charge >= 0.3 is 0 Å². The van der Waals surface area contributed by atoms with Gasteiger partial charge in [-0.2, -0.15) is 0 Å². The summed E-state index contributed by atoms with van der Waals surface area (Å²) in [7, 11) is 0. The summed E-state index contributed by atoms with van der Waals surface area (Å²) in [6, 6.07) is 10.1. The highest BCUT2D eigenvalue weighted by atomic mass is 14.6. The average molecular weight is 122 g/mol. The molecule has 1 nitrogen and oxygen atoms in total. The number of hydrogen-bond donors (Lipinski definition) is 1. The van der Waals surface area contributed by atoms with Crippen molar-refractivity contribution in [2.45, 2.75) is 13.0 Å². The fourth-order valence-electron chi connectivity index (χ4n) is 0.742. The van der Waals surface area contributed by atoms with Crippen LogP contribution in [0.25, 0.3) is 0 Å². The fraction of sp³-hybridized carbons (Fsp3) is 0.250. The lowest BCUT2D eigenvalue weighted by molar-refractivity contribution is 0.818. The number of rotatable bonds is 2. The summed E-state index contributed by atoms with van der Waals surface area (Å²) in [6.07, 6.45) is 0. The summed E-state index contributed by atoms with van der Waals surface area (Å²) in [5.74, 6) is 0. The molecule has 1 heteroatoms. The molecule has 1 aromatic carbocycles. The molecule has 0 fully saturated rings. The zero-order chi connectivity index (χ0) is 7.40. The van der Waals surface area contributed by atoms with Gasteiger partial charge in [-0.15, -0.1) is 0 Å². The molecular weight excluding hydrogens is 110 g/mol. The lowest BCUT2D eigenvalue weighted by Crippen LogP contribution is -2.03. The molecule has 0 aliphatic carbocycles. The van der Waals surface area contributed by atoms with Gasteiger partial charge in [0.05, 0.1) is 0 Å². The van der Waals surface area contributed by atoms with Crippen molar-refractivity contribution in [3.63, 3.8) is 0 Å². The molecule has 1 unspecified atom stereocenters. The van der Waals surface area contributed by atoms with E-state index in [9.17, 15) is 0 Å². The number of hydrogen-bond acceptors (Lipinski definition) is 1. The van der Waals surface area contributed by atoms with E-state index in [2.05, 4.69) is 5.73 Å². The predicted octanol–water partition coefficient (Wildman–Crippen LogP) is 1.71. The Morgan fingerprint density at radius 2 is 2.11 bits per heavy atom. The Morgan fingerprint density at radius 3 is 2.67 bits per heavy atom. The molecule has 0 bridgehead atoms. The molecule has 0 aromatic heterocycles. The van der Waals surface area contributed by atoms with Gasteiger partial charge in [0.1, 0.15) is 1.41 Å². The maximum atomic E-state index is 6.90. The van der Waals surface area contributed by atoms with Crippen LogP contribution < -0.4 is 5.73 Å². The molecule has 0 spiro atoms. The van der Waals surface area contributed by atoms with Gasteiger partial charge in [0.2, 0.25) is 0 Å². The quantitative estimate of drug-likeness (QED) is 0.635. The van der Waals surface area contributed by atoms with E-state index in [1.165, 1.54) is 0 Å². The maximum Gasteiger partial charge on any atom is 0.119 e. The highest BCUT2D eigenvalue weighted by Gasteiger charge is 1.93. The molecule has 1 atom stereocenters. The van der Waals surface area contributed by atoms with Gasteiger partial charge in [0, 0.05) is 6.04 Å². The molecule has 0 saturated heterocycles. The standard InChI is InChI=1S/C8H11N/c1-7(9)8-5-3-2-4-6-8/h2-7H,9H2,1H3/i/hD. The Kier molecular flexibility index (Phi) is 1.47. The summed E-state index contributed by atoms with van der Waals surface area (Å²) in [4.78, 5) is 0. The molecule has 2 N–H and O–H groups in total. The SMILES string of the molecule is [2H]NC(C)c1ccccc1. The number of nitrogens with two attached hydrogens (primary N) is 1. The van der Waals surface area contributed by atoms with Crippen molar-refractivity contribution >= 4 is 0 Å². The molecule has 1 aromatic rings. The van der Waals surface area contributed by atoms with Crippen LogP contribution in [-0.4, -0.2) is 0 Å². The second-order valence-electron chi connectivity index (χ2n) is 2.13. The third-order valence-electron chi connectivity index (χ3n) is 1.30. The first kappa shape index (κ1) is 5.00. The average Bonchev–Trinajstić information content (AvgIpc) is 2.05. The summed E-state index contributed by atoms with van der Waals surface area (Å²) >= 11 is 0. The second kappa shape index (κ2) is 2.65. The van der Waals surface area contributed by atoms with Crippen molar-refractivity contribution in [1.29, 1.82) is 0 Å². The fourth-order valence-corrected chi connectivity index (χ4v) is 0.742. The van der Waals surface area contributed by atoms with Gasteiger partial charge in [-0.05, 0) is 12.5 Å². The van der Waals surface area contributed by atoms with Crippen LogP contribution in [0.4, 0.5) is 0 Å². The molecule has 0 amide bonds. The van der Waals surface area contributed by atoms with Crippen LogP contribution in [0, 0.1) is 0 Å². The Hall–Kier alpha value is -0.820. The Morgan fingerprint density at radius 1 is 1.44 bits per heavy atom. The van der Waals surface area contributed by atoms with E-state index in [-0.39, 0.29) is 6.04 Å². The summed E-state index contributed by atoms with van der Waals surface area (Å²) in [5, 5.41) is 0. The van der Waals surface area contributed by atoms with Crippen LogP contribution in [-0.2, 0) is 0 Å². The normalized spacial score (nSPS) is 14.6. The highest BCUT2D eigenvalue weighted by Crippen LogP contribution is 2.06. The van der Waals surface area contributed by atoms with Crippen molar-refractivity contribution in [2.24, 2.45) is 5.73 Å². The van der Waals surface area contributed by atoms with E-state index in [0.717, 1.165) is 5.56 Å². The first-order chi connectivity index (χ1) is 4.84. The Bertz CT molecular complexity index is 186. The van der Waals surface area contributed by atoms with Gasteiger partial charge in [-0.25, -0.2) is 0 Å². The molecule has 0 heterocycles. The van der Waals surface area contributed by atoms with Crippen molar-refractivity contribution in [3.05, 3.63) is 35.9 Å². The van der Waals surface area contributed by atoms with E-state index in [4.69, 9.17) is 1.41 Å². The van der Waals surface area contributed by atoms with Gasteiger partial charge in [0.15, 0.2) is 0 Å². The molecule has 1 rings (SSSR count). The molecule has 0 saturated carbocycles. The van der Waals surface area contributed by atoms with Gasteiger partial charge < -0.3 is 5.73 Å². The molecule has 48 valence electrons. The number of benzene rings is 1. The molecule has 0 aliphatic rings. The second-order valence-corrected chi connectivity index (χ2v) is 2.13. The van der Waals surface area contributed by atoms with Crippen LogP contribution in [0.5, 0.6) is 0 Å².